The molecule has 1 amide bonds. The molecule has 4 N–H and O–H groups in total. The third-order valence-corrected chi connectivity index (χ3v) is 4.70. The third-order valence-electron chi connectivity index (χ3n) is 3.29. The SMILES string of the molecule is N#Cc1ccc(NC(=O)C[C@H]2SC[C@@H](O)[C@H](O)[C@H]2O)cc1. The lowest BCUT2D eigenvalue weighted by atomic mass is 10.0. The number of nitriles is 1. The van der Waals surface area contributed by atoms with Crippen molar-refractivity contribution in [2.75, 3.05) is 11.1 Å². The fourth-order valence-electron chi connectivity index (χ4n) is 2.07. The van der Waals surface area contributed by atoms with Crippen molar-refractivity contribution >= 4 is 23.4 Å². The first-order chi connectivity index (χ1) is 10.0. The van der Waals surface area contributed by atoms with Crippen molar-refractivity contribution in [3.63, 3.8) is 0 Å². The summed E-state index contributed by atoms with van der Waals surface area (Å²) in [4.78, 5) is 11.9. The third kappa shape index (κ3) is 3.95. The van der Waals surface area contributed by atoms with Gasteiger partial charge in [0, 0.05) is 23.1 Å². The van der Waals surface area contributed by atoms with Crippen LogP contribution in [0.5, 0.6) is 0 Å². The molecule has 1 aliphatic heterocycles. The normalized spacial score (nSPS) is 28.7. The second kappa shape index (κ2) is 6.91. The molecule has 0 aliphatic carbocycles. The Balaban J connectivity index is 1.91. The molecule has 112 valence electrons. The molecule has 1 saturated heterocycles. The quantitative estimate of drug-likeness (QED) is 0.629. The molecule has 0 unspecified atom stereocenters. The second-order valence-electron chi connectivity index (χ2n) is 4.86. The van der Waals surface area contributed by atoms with Crippen LogP contribution in [0.4, 0.5) is 5.69 Å². The number of thioether (sulfide) groups is 1. The average Bonchev–Trinajstić information content (AvgIpc) is 2.49. The van der Waals surface area contributed by atoms with Crippen molar-refractivity contribution in [2.24, 2.45) is 0 Å². The van der Waals surface area contributed by atoms with Gasteiger partial charge >= 0.3 is 0 Å². The van der Waals surface area contributed by atoms with E-state index in [2.05, 4.69) is 5.32 Å². The number of carbonyl (C=O) groups excluding carboxylic acids is 1. The molecule has 7 heteroatoms. The van der Waals surface area contributed by atoms with Crippen molar-refractivity contribution in [3.8, 4) is 6.07 Å². The van der Waals surface area contributed by atoms with Crippen molar-refractivity contribution in [1.82, 2.24) is 0 Å². The Labute approximate surface area is 126 Å². The summed E-state index contributed by atoms with van der Waals surface area (Å²) < 4.78 is 0. The molecular weight excluding hydrogens is 292 g/mol. The molecule has 0 radical (unpaired) electrons. The number of aliphatic hydroxyl groups is 3. The molecule has 0 bridgehead atoms. The van der Waals surface area contributed by atoms with Gasteiger partial charge in [-0.05, 0) is 24.3 Å². The van der Waals surface area contributed by atoms with Crippen LogP contribution in [0.25, 0.3) is 0 Å². The van der Waals surface area contributed by atoms with Crippen LogP contribution in [0.2, 0.25) is 0 Å². The van der Waals surface area contributed by atoms with Crippen LogP contribution in [0.1, 0.15) is 12.0 Å². The van der Waals surface area contributed by atoms with Gasteiger partial charge in [-0.25, -0.2) is 0 Å². The lowest BCUT2D eigenvalue weighted by Crippen LogP contribution is -2.49. The second-order valence-corrected chi connectivity index (χ2v) is 6.13. The molecule has 1 aliphatic rings. The molecule has 1 heterocycles. The highest BCUT2D eigenvalue weighted by Gasteiger charge is 2.37. The number of amides is 1. The Morgan fingerprint density at radius 2 is 1.95 bits per heavy atom. The first-order valence-electron chi connectivity index (χ1n) is 6.47. The number of nitrogens with one attached hydrogen (secondary N) is 1. The maximum absolute atomic E-state index is 11.9. The van der Waals surface area contributed by atoms with Crippen molar-refractivity contribution in [3.05, 3.63) is 29.8 Å². The molecule has 1 aromatic carbocycles. The predicted octanol–water partition coefficient (Wildman–Crippen LogP) is 0.0850. The monoisotopic (exact) mass is 308 g/mol. The van der Waals surface area contributed by atoms with Gasteiger partial charge in [0.15, 0.2) is 0 Å². The van der Waals surface area contributed by atoms with Crippen LogP contribution < -0.4 is 5.32 Å². The maximum Gasteiger partial charge on any atom is 0.225 e. The van der Waals surface area contributed by atoms with E-state index in [-0.39, 0.29) is 18.1 Å². The zero-order valence-corrected chi connectivity index (χ0v) is 12.0. The molecule has 1 fully saturated rings. The zero-order valence-electron chi connectivity index (χ0n) is 11.1. The summed E-state index contributed by atoms with van der Waals surface area (Å²) >= 11 is 1.26. The maximum atomic E-state index is 11.9. The van der Waals surface area contributed by atoms with Gasteiger partial charge in [0.1, 0.15) is 6.10 Å². The van der Waals surface area contributed by atoms with E-state index in [1.54, 1.807) is 24.3 Å². The number of aliphatic hydroxyl groups excluding tert-OH is 3. The first kappa shape index (κ1) is 15.8. The van der Waals surface area contributed by atoms with E-state index in [1.807, 2.05) is 6.07 Å². The van der Waals surface area contributed by atoms with E-state index in [9.17, 15) is 20.1 Å². The Kier molecular flexibility index (Phi) is 5.20. The number of nitrogens with zero attached hydrogens (tertiary/aromatic N) is 1. The summed E-state index contributed by atoms with van der Waals surface area (Å²) in [6.07, 6.45) is -3.29. The molecule has 0 aromatic heterocycles. The molecule has 21 heavy (non-hydrogen) atoms. The number of hydrogen-bond donors (Lipinski definition) is 4. The highest BCUT2D eigenvalue weighted by molar-refractivity contribution is 8.00. The molecule has 0 saturated carbocycles. The topological polar surface area (TPSA) is 114 Å². The average molecular weight is 308 g/mol. The predicted molar refractivity (Wildman–Crippen MR) is 78.7 cm³/mol. The van der Waals surface area contributed by atoms with Gasteiger partial charge in [-0.1, -0.05) is 0 Å². The molecular formula is C14H16N2O4S. The highest BCUT2D eigenvalue weighted by Crippen LogP contribution is 2.29. The number of anilines is 1. The summed E-state index contributed by atoms with van der Waals surface area (Å²) in [7, 11) is 0. The zero-order chi connectivity index (χ0) is 15.4. The van der Waals surface area contributed by atoms with Crippen molar-refractivity contribution in [2.45, 2.75) is 30.0 Å². The Hall–Kier alpha value is -1.59. The van der Waals surface area contributed by atoms with E-state index in [4.69, 9.17) is 5.26 Å². The van der Waals surface area contributed by atoms with Crippen LogP contribution in [0.15, 0.2) is 24.3 Å². The first-order valence-corrected chi connectivity index (χ1v) is 7.52. The van der Waals surface area contributed by atoms with Gasteiger partial charge < -0.3 is 20.6 Å². The fourth-order valence-corrected chi connectivity index (χ4v) is 3.34. The minimum Gasteiger partial charge on any atom is -0.389 e. The lowest BCUT2D eigenvalue weighted by molar-refractivity contribution is -0.117. The summed E-state index contributed by atoms with van der Waals surface area (Å²) in [6, 6.07) is 8.43. The van der Waals surface area contributed by atoms with Crippen LogP contribution in [-0.2, 0) is 4.79 Å². The minimum atomic E-state index is -1.22. The van der Waals surface area contributed by atoms with Crippen LogP contribution >= 0.6 is 11.8 Å². The van der Waals surface area contributed by atoms with E-state index < -0.39 is 23.6 Å². The van der Waals surface area contributed by atoms with Crippen molar-refractivity contribution in [1.29, 1.82) is 5.26 Å². The fraction of sp³-hybridized carbons (Fsp3) is 0.429. The smallest absolute Gasteiger partial charge is 0.225 e. The molecule has 4 atom stereocenters. The summed E-state index contributed by atoms with van der Waals surface area (Å²) in [5.41, 5.74) is 1.07. The van der Waals surface area contributed by atoms with Crippen LogP contribution in [0, 0.1) is 11.3 Å². The number of hydrogen-bond acceptors (Lipinski definition) is 6. The molecule has 2 rings (SSSR count). The number of rotatable bonds is 3. The summed E-state index contributed by atoms with van der Waals surface area (Å²) in [6.45, 7) is 0. The van der Waals surface area contributed by atoms with E-state index in [0.29, 0.717) is 11.3 Å². The summed E-state index contributed by atoms with van der Waals surface area (Å²) in [5.74, 6) is -0.00705. The van der Waals surface area contributed by atoms with Gasteiger partial charge in [-0.15, -0.1) is 0 Å². The largest absolute Gasteiger partial charge is 0.389 e. The van der Waals surface area contributed by atoms with Crippen molar-refractivity contribution < 1.29 is 20.1 Å². The van der Waals surface area contributed by atoms with Gasteiger partial charge in [-0.3, -0.25) is 4.79 Å². The lowest BCUT2D eigenvalue weighted by Gasteiger charge is -2.34. The summed E-state index contributed by atoms with van der Waals surface area (Å²) in [5, 5.41) is 39.8. The standard InChI is InChI=1S/C14H16N2O4S/c15-6-8-1-3-9(4-2-8)16-12(18)5-11-14(20)13(19)10(17)7-21-11/h1-4,10-11,13-14,17,19-20H,5,7H2,(H,16,18)/t10-,11-,13+,14+/m1/s1. The number of carbonyl (C=O) groups is 1. The van der Waals surface area contributed by atoms with Gasteiger partial charge in [-0.2, -0.15) is 17.0 Å². The van der Waals surface area contributed by atoms with Gasteiger partial charge in [0.05, 0.1) is 23.8 Å². The van der Waals surface area contributed by atoms with Gasteiger partial charge in [0.25, 0.3) is 0 Å². The Morgan fingerprint density at radius 1 is 1.29 bits per heavy atom. The van der Waals surface area contributed by atoms with E-state index in [1.165, 1.54) is 11.8 Å². The Bertz CT molecular complexity index is 543. The molecule has 1 aromatic rings. The van der Waals surface area contributed by atoms with Crippen LogP contribution in [0.3, 0.4) is 0 Å². The Morgan fingerprint density at radius 3 is 2.57 bits per heavy atom. The highest BCUT2D eigenvalue weighted by atomic mass is 32.2. The van der Waals surface area contributed by atoms with Gasteiger partial charge in [0.2, 0.25) is 5.91 Å². The van der Waals surface area contributed by atoms with Crippen LogP contribution in [-0.4, -0.2) is 50.5 Å². The minimum absolute atomic E-state index is 0.0373. The van der Waals surface area contributed by atoms with E-state index >= 15 is 0 Å². The number of benzene rings is 1. The molecule has 6 nitrogen and oxygen atoms in total. The van der Waals surface area contributed by atoms with E-state index in [0.717, 1.165) is 0 Å². The molecule has 0 spiro atoms.